The van der Waals surface area contributed by atoms with E-state index in [9.17, 15) is 18.3 Å². The predicted octanol–water partition coefficient (Wildman–Crippen LogP) is 3.90. The van der Waals surface area contributed by atoms with Gasteiger partial charge in [-0.15, -0.1) is 0 Å². The van der Waals surface area contributed by atoms with Crippen molar-refractivity contribution < 1.29 is 18.3 Å². The highest BCUT2D eigenvalue weighted by atomic mass is 32.1. The van der Waals surface area contributed by atoms with Gasteiger partial charge in [0.2, 0.25) is 0 Å². The van der Waals surface area contributed by atoms with Gasteiger partial charge < -0.3 is 10.4 Å². The Bertz CT molecular complexity index is 577. The minimum Gasteiger partial charge on any atom is -0.387 e. The molecule has 0 spiro atoms. The van der Waals surface area contributed by atoms with E-state index in [0.717, 1.165) is 12.1 Å². The highest BCUT2D eigenvalue weighted by Gasteiger charge is 2.30. The highest BCUT2D eigenvalue weighted by Crippen LogP contribution is 2.29. The van der Waals surface area contributed by atoms with Gasteiger partial charge in [0.1, 0.15) is 0 Å². The van der Waals surface area contributed by atoms with Crippen LogP contribution in [0.5, 0.6) is 0 Å². The molecule has 0 fully saturated rings. The lowest BCUT2D eigenvalue weighted by Crippen LogP contribution is -2.21. The maximum atomic E-state index is 12.4. The normalized spacial score (nSPS) is 13.4. The predicted molar refractivity (Wildman–Crippen MR) is 77.2 cm³/mol. The molecule has 1 unspecified atom stereocenters. The Labute approximate surface area is 125 Å². The zero-order chi connectivity index (χ0) is 15.5. The molecule has 0 amide bonds. The maximum absolute atomic E-state index is 12.4. The molecule has 21 heavy (non-hydrogen) atoms. The molecule has 0 radical (unpaired) electrons. The molecule has 0 aliphatic carbocycles. The van der Waals surface area contributed by atoms with E-state index in [1.807, 2.05) is 17.7 Å². The van der Waals surface area contributed by atoms with Crippen LogP contribution < -0.4 is 5.32 Å². The highest BCUT2D eigenvalue weighted by molar-refractivity contribution is 7.08. The molecule has 0 saturated heterocycles. The molecule has 2 rings (SSSR count). The molecule has 2 N–H and O–H groups in total. The van der Waals surface area contributed by atoms with Crippen LogP contribution in [-0.2, 0) is 12.7 Å². The number of hydrogen-bond acceptors (Lipinski definition) is 3. The largest absolute Gasteiger partial charge is 0.416 e. The third-order valence-electron chi connectivity index (χ3n) is 3.24. The van der Waals surface area contributed by atoms with Gasteiger partial charge in [-0.25, -0.2) is 0 Å². The lowest BCUT2D eigenvalue weighted by Gasteiger charge is -2.13. The van der Waals surface area contributed by atoms with Crippen LogP contribution >= 0.6 is 11.3 Å². The van der Waals surface area contributed by atoms with E-state index in [2.05, 4.69) is 5.32 Å². The number of hydrogen-bond donors (Lipinski definition) is 2. The minimum absolute atomic E-state index is 0.292. The van der Waals surface area contributed by atoms with Crippen molar-refractivity contribution in [3.05, 3.63) is 57.3 Å². The van der Waals surface area contributed by atoms with E-state index in [1.165, 1.54) is 23.3 Å². The summed E-state index contributed by atoms with van der Waals surface area (Å²) < 4.78 is 37.3. The molecule has 0 aliphatic heterocycles. The summed E-state index contributed by atoms with van der Waals surface area (Å²) in [6.07, 6.45) is -5.18. The summed E-state index contributed by atoms with van der Waals surface area (Å²) in [5.74, 6) is 0. The second-order valence-corrected chi connectivity index (χ2v) is 5.59. The van der Waals surface area contributed by atoms with Crippen LogP contribution in [-0.4, -0.2) is 11.7 Å². The summed E-state index contributed by atoms with van der Waals surface area (Å²) in [7, 11) is 0. The van der Waals surface area contributed by atoms with Gasteiger partial charge in [0.05, 0.1) is 11.7 Å². The number of thiophene rings is 1. The summed E-state index contributed by atoms with van der Waals surface area (Å²) in [5, 5.41) is 17.2. The monoisotopic (exact) mass is 315 g/mol. The maximum Gasteiger partial charge on any atom is 0.416 e. The summed E-state index contributed by atoms with van der Waals surface area (Å²) in [6, 6.07) is 4.60. The lowest BCUT2D eigenvalue weighted by molar-refractivity contribution is -0.137. The third kappa shape index (κ3) is 4.30. The number of rotatable bonds is 5. The Hall–Kier alpha value is -1.37. The molecule has 0 saturated carbocycles. The fraction of sp³-hybridized carbons (Fsp3) is 0.333. The topological polar surface area (TPSA) is 32.3 Å². The molecule has 6 heteroatoms. The molecular weight excluding hydrogens is 299 g/mol. The van der Waals surface area contributed by atoms with Gasteiger partial charge in [-0.2, -0.15) is 24.5 Å². The van der Waals surface area contributed by atoms with Crippen LogP contribution in [0.25, 0.3) is 0 Å². The van der Waals surface area contributed by atoms with E-state index in [1.54, 1.807) is 11.3 Å². The van der Waals surface area contributed by atoms with E-state index in [0.29, 0.717) is 18.7 Å². The Balaban J connectivity index is 1.88. The van der Waals surface area contributed by atoms with Gasteiger partial charge in [0.25, 0.3) is 0 Å². The van der Waals surface area contributed by atoms with Crippen LogP contribution in [0.4, 0.5) is 13.2 Å². The van der Waals surface area contributed by atoms with Crippen molar-refractivity contribution in [1.29, 1.82) is 0 Å². The van der Waals surface area contributed by atoms with Crippen molar-refractivity contribution in [3.63, 3.8) is 0 Å². The average molecular weight is 315 g/mol. The van der Waals surface area contributed by atoms with E-state index < -0.39 is 17.8 Å². The van der Waals surface area contributed by atoms with Crippen LogP contribution in [0.1, 0.15) is 28.4 Å². The molecule has 1 aromatic carbocycles. The summed E-state index contributed by atoms with van der Waals surface area (Å²) in [6.45, 7) is 2.94. The Morgan fingerprint density at radius 3 is 2.38 bits per heavy atom. The fourth-order valence-corrected chi connectivity index (χ4v) is 2.78. The first-order valence-corrected chi connectivity index (χ1v) is 7.40. The van der Waals surface area contributed by atoms with Crippen molar-refractivity contribution in [2.24, 2.45) is 0 Å². The molecule has 1 heterocycles. The number of alkyl halides is 3. The molecular formula is C15H16F3NOS. The zero-order valence-electron chi connectivity index (χ0n) is 11.4. The first-order chi connectivity index (χ1) is 9.88. The quantitative estimate of drug-likeness (QED) is 0.877. The molecule has 2 aromatic rings. The van der Waals surface area contributed by atoms with Crippen molar-refractivity contribution in [2.75, 3.05) is 6.54 Å². The summed E-state index contributed by atoms with van der Waals surface area (Å²) in [4.78, 5) is 0. The number of aliphatic hydroxyl groups is 1. The van der Waals surface area contributed by atoms with E-state index in [4.69, 9.17) is 0 Å². The molecule has 1 atom stereocenters. The number of benzene rings is 1. The van der Waals surface area contributed by atoms with Gasteiger partial charge in [-0.05, 0) is 46.5 Å². The SMILES string of the molecule is Cc1cscc1CNCC(O)c1ccc(C(F)(F)F)cc1. The lowest BCUT2D eigenvalue weighted by atomic mass is 10.1. The molecule has 2 nitrogen and oxygen atoms in total. The molecule has 0 bridgehead atoms. The van der Waals surface area contributed by atoms with Crippen molar-refractivity contribution in [2.45, 2.75) is 25.7 Å². The van der Waals surface area contributed by atoms with Crippen LogP contribution in [0, 0.1) is 6.92 Å². The average Bonchev–Trinajstić information content (AvgIpc) is 2.83. The van der Waals surface area contributed by atoms with Crippen LogP contribution in [0.15, 0.2) is 35.0 Å². The smallest absolute Gasteiger partial charge is 0.387 e. The van der Waals surface area contributed by atoms with Gasteiger partial charge in [0, 0.05) is 13.1 Å². The zero-order valence-corrected chi connectivity index (χ0v) is 12.3. The third-order valence-corrected chi connectivity index (χ3v) is 4.15. The minimum atomic E-state index is -4.35. The summed E-state index contributed by atoms with van der Waals surface area (Å²) >= 11 is 1.62. The fourth-order valence-electron chi connectivity index (χ4n) is 1.92. The standard InChI is InChI=1S/C15H16F3NOS/c1-10-8-21-9-12(10)6-19-7-14(20)11-2-4-13(5-3-11)15(16,17)18/h2-5,8-9,14,19-20H,6-7H2,1H3. The first kappa shape index (κ1) is 16.0. The number of nitrogens with one attached hydrogen (secondary N) is 1. The summed E-state index contributed by atoms with van der Waals surface area (Å²) in [5.41, 5.74) is 2.12. The number of aliphatic hydroxyl groups excluding tert-OH is 1. The van der Waals surface area contributed by atoms with Gasteiger partial charge >= 0.3 is 6.18 Å². The van der Waals surface area contributed by atoms with Crippen LogP contribution in [0.2, 0.25) is 0 Å². The van der Waals surface area contributed by atoms with Gasteiger partial charge in [-0.1, -0.05) is 12.1 Å². The van der Waals surface area contributed by atoms with Crippen LogP contribution in [0.3, 0.4) is 0 Å². The van der Waals surface area contributed by atoms with Gasteiger partial charge in [0.15, 0.2) is 0 Å². The van der Waals surface area contributed by atoms with Crippen molar-refractivity contribution in [3.8, 4) is 0 Å². The number of aryl methyl sites for hydroxylation is 1. The van der Waals surface area contributed by atoms with Crippen molar-refractivity contribution in [1.82, 2.24) is 5.32 Å². The van der Waals surface area contributed by atoms with Gasteiger partial charge in [-0.3, -0.25) is 0 Å². The Kier molecular flexibility index (Phi) is 5.03. The molecule has 1 aromatic heterocycles. The Morgan fingerprint density at radius 2 is 1.86 bits per heavy atom. The second-order valence-electron chi connectivity index (χ2n) is 4.85. The first-order valence-electron chi connectivity index (χ1n) is 6.45. The number of halogens is 3. The molecule has 114 valence electrons. The van der Waals surface area contributed by atoms with E-state index in [-0.39, 0.29) is 0 Å². The van der Waals surface area contributed by atoms with Crippen molar-refractivity contribution >= 4 is 11.3 Å². The Morgan fingerprint density at radius 1 is 1.19 bits per heavy atom. The van der Waals surface area contributed by atoms with E-state index >= 15 is 0 Å². The second kappa shape index (κ2) is 6.60. The molecule has 0 aliphatic rings.